The Morgan fingerprint density at radius 3 is 2.52 bits per heavy atom. The number of amides is 1. The zero-order chi connectivity index (χ0) is 15.5. The zero-order valence-electron chi connectivity index (χ0n) is 11.4. The van der Waals surface area contributed by atoms with Crippen molar-refractivity contribution in [2.24, 2.45) is 0 Å². The molecule has 2 aromatic carbocycles. The van der Waals surface area contributed by atoms with E-state index in [0.717, 1.165) is 5.56 Å². The zero-order valence-corrected chi connectivity index (χ0v) is 13.0. The Hall–Kier alpha value is -1.72. The summed E-state index contributed by atoms with van der Waals surface area (Å²) < 4.78 is 13.4. The first-order chi connectivity index (χ1) is 9.96. The van der Waals surface area contributed by atoms with Crippen molar-refractivity contribution in [1.29, 1.82) is 0 Å². The van der Waals surface area contributed by atoms with Gasteiger partial charge in [-0.3, -0.25) is 4.79 Å². The van der Waals surface area contributed by atoms with Crippen LogP contribution >= 0.6 is 15.9 Å². The van der Waals surface area contributed by atoms with Crippen LogP contribution in [0, 0.1) is 5.82 Å². The van der Waals surface area contributed by atoms with Crippen molar-refractivity contribution in [3.05, 3.63) is 69.9 Å². The third-order valence-corrected chi connectivity index (χ3v) is 3.91. The van der Waals surface area contributed by atoms with E-state index in [2.05, 4.69) is 21.2 Å². The maximum absolute atomic E-state index is 13.2. The molecule has 0 aliphatic heterocycles. The van der Waals surface area contributed by atoms with E-state index in [1.54, 1.807) is 6.92 Å². The number of rotatable bonds is 4. The highest BCUT2D eigenvalue weighted by Crippen LogP contribution is 2.22. The summed E-state index contributed by atoms with van der Waals surface area (Å²) in [7, 11) is 0. The first-order valence-corrected chi connectivity index (χ1v) is 7.19. The highest BCUT2D eigenvalue weighted by atomic mass is 79.9. The minimum absolute atomic E-state index is 0.223. The average Bonchev–Trinajstić information content (AvgIpc) is 2.50. The molecule has 110 valence electrons. The topological polar surface area (TPSA) is 49.3 Å². The van der Waals surface area contributed by atoms with Crippen LogP contribution in [-0.2, 0) is 5.54 Å². The van der Waals surface area contributed by atoms with Gasteiger partial charge in [-0.25, -0.2) is 4.39 Å². The third-order valence-electron chi connectivity index (χ3n) is 3.30. The molecule has 3 nitrogen and oxygen atoms in total. The molecular formula is C16H15BrFNO2. The molecule has 0 saturated heterocycles. The fourth-order valence-corrected chi connectivity index (χ4v) is 2.35. The van der Waals surface area contributed by atoms with Gasteiger partial charge in [0.15, 0.2) is 0 Å². The fourth-order valence-electron chi connectivity index (χ4n) is 1.97. The van der Waals surface area contributed by atoms with E-state index in [1.807, 2.05) is 30.3 Å². The predicted molar refractivity (Wildman–Crippen MR) is 82.4 cm³/mol. The Morgan fingerprint density at radius 2 is 1.95 bits per heavy atom. The predicted octanol–water partition coefficient (Wildman–Crippen LogP) is 3.23. The van der Waals surface area contributed by atoms with E-state index in [9.17, 15) is 14.3 Å². The van der Waals surface area contributed by atoms with Crippen molar-refractivity contribution in [1.82, 2.24) is 5.32 Å². The van der Waals surface area contributed by atoms with Crippen LogP contribution in [0.4, 0.5) is 4.39 Å². The number of hydrogen-bond acceptors (Lipinski definition) is 2. The highest BCUT2D eigenvalue weighted by molar-refractivity contribution is 9.10. The largest absolute Gasteiger partial charge is 0.394 e. The van der Waals surface area contributed by atoms with E-state index < -0.39 is 11.4 Å². The lowest BCUT2D eigenvalue weighted by Crippen LogP contribution is -2.46. The maximum atomic E-state index is 13.2. The van der Waals surface area contributed by atoms with Crippen LogP contribution in [-0.4, -0.2) is 17.6 Å². The summed E-state index contributed by atoms with van der Waals surface area (Å²) in [6, 6.07) is 13.2. The Kier molecular flexibility index (Phi) is 4.75. The summed E-state index contributed by atoms with van der Waals surface area (Å²) >= 11 is 3.05. The third kappa shape index (κ3) is 3.49. The fraction of sp³-hybridized carbons (Fsp3) is 0.188. The molecule has 1 unspecified atom stereocenters. The minimum Gasteiger partial charge on any atom is -0.394 e. The van der Waals surface area contributed by atoms with Gasteiger partial charge in [-0.2, -0.15) is 0 Å². The van der Waals surface area contributed by atoms with Crippen LogP contribution in [0.1, 0.15) is 22.8 Å². The second-order valence-corrected chi connectivity index (χ2v) is 5.79. The van der Waals surface area contributed by atoms with Crippen LogP contribution in [0.25, 0.3) is 0 Å². The Morgan fingerprint density at radius 1 is 1.29 bits per heavy atom. The van der Waals surface area contributed by atoms with Gasteiger partial charge in [-0.05, 0) is 46.6 Å². The second kappa shape index (κ2) is 6.37. The van der Waals surface area contributed by atoms with Crippen LogP contribution in [0.2, 0.25) is 0 Å². The Bertz CT molecular complexity index is 648. The number of aliphatic hydroxyl groups excluding tert-OH is 1. The van der Waals surface area contributed by atoms with Gasteiger partial charge in [0.25, 0.3) is 5.91 Å². The van der Waals surface area contributed by atoms with E-state index in [4.69, 9.17) is 0 Å². The van der Waals surface area contributed by atoms with Crippen molar-refractivity contribution in [3.63, 3.8) is 0 Å². The number of benzene rings is 2. The number of aliphatic hydroxyl groups is 1. The van der Waals surface area contributed by atoms with Gasteiger partial charge in [0.05, 0.1) is 16.6 Å². The number of nitrogens with one attached hydrogen (secondary N) is 1. The first kappa shape index (κ1) is 15.7. The van der Waals surface area contributed by atoms with Gasteiger partial charge < -0.3 is 10.4 Å². The molecule has 0 aromatic heterocycles. The van der Waals surface area contributed by atoms with Crippen molar-refractivity contribution >= 4 is 21.8 Å². The van der Waals surface area contributed by atoms with E-state index in [-0.39, 0.29) is 17.0 Å². The number of halogens is 2. The number of hydrogen-bond donors (Lipinski definition) is 2. The standard InChI is InChI=1S/C16H15BrFNO2/c1-16(10-20,12-5-3-2-4-6-12)19-15(21)11-7-8-14(18)13(17)9-11/h2-9,20H,10H2,1H3,(H,19,21). The van der Waals surface area contributed by atoms with Crippen molar-refractivity contribution < 1.29 is 14.3 Å². The molecule has 0 aliphatic rings. The first-order valence-electron chi connectivity index (χ1n) is 6.40. The summed E-state index contributed by atoms with van der Waals surface area (Å²) in [5.74, 6) is -0.810. The monoisotopic (exact) mass is 351 g/mol. The molecule has 0 bridgehead atoms. The smallest absolute Gasteiger partial charge is 0.252 e. The molecule has 0 spiro atoms. The molecule has 21 heavy (non-hydrogen) atoms. The highest BCUT2D eigenvalue weighted by Gasteiger charge is 2.28. The molecule has 2 N–H and O–H groups in total. The van der Waals surface area contributed by atoms with Crippen LogP contribution < -0.4 is 5.32 Å². The lowest BCUT2D eigenvalue weighted by molar-refractivity contribution is 0.0849. The van der Waals surface area contributed by atoms with Crippen LogP contribution in [0.5, 0.6) is 0 Å². The summed E-state index contributed by atoms with van der Waals surface area (Å²) in [6.07, 6.45) is 0. The molecule has 1 atom stereocenters. The van der Waals surface area contributed by atoms with E-state index in [1.165, 1.54) is 18.2 Å². The molecule has 1 amide bonds. The van der Waals surface area contributed by atoms with E-state index in [0.29, 0.717) is 5.56 Å². The number of carbonyl (C=O) groups is 1. The quantitative estimate of drug-likeness (QED) is 0.888. The summed E-state index contributed by atoms with van der Waals surface area (Å²) in [5, 5.41) is 12.4. The second-order valence-electron chi connectivity index (χ2n) is 4.94. The van der Waals surface area contributed by atoms with E-state index >= 15 is 0 Å². The van der Waals surface area contributed by atoms with Gasteiger partial charge in [-0.1, -0.05) is 30.3 Å². The van der Waals surface area contributed by atoms with Crippen molar-refractivity contribution in [2.75, 3.05) is 6.61 Å². The number of carbonyl (C=O) groups excluding carboxylic acids is 1. The van der Waals surface area contributed by atoms with Crippen LogP contribution in [0.15, 0.2) is 53.0 Å². The maximum Gasteiger partial charge on any atom is 0.252 e. The SMILES string of the molecule is CC(CO)(NC(=O)c1ccc(F)c(Br)c1)c1ccccc1. The lowest BCUT2D eigenvalue weighted by atomic mass is 9.92. The minimum atomic E-state index is -0.904. The lowest BCUT2D eigenvalue weighted by Gasteiger charge is -2.29. The van der Waals surface area contributed by atoms with Crippen molar-refractivity contribution in [2.45, 2.75) is 12.5 Å². The average molecular weight is 352 g/mol. The molecule has 0 saturated carbocycles. The van der Waals surface area contributed by atoms with Gasteiger partial charge in [0, 0.05) is 5.56 Å². The Balaban J connectivity index is 2.26. The van der Waals surface area contributed by atoms with Gasteiger partial charge in [0.1, 0.15) is 5.82 Å². The Labute approximate surface area is 130 Å². The molecular weight excluding hydrogens is 337 g/mol. The summed E-state index contributed by atoms with van der Waals surface area (Å²) in [4.78, 5) is 12.3. The molecule has 0 radical (unpaired) electrons. The summed E-state index contributed by atoms with van der Waals surface area (Å²) in [5.41, 5.74) is 0.208. The molecule has 5 heteroatoms. The van der Waals surface area contributed by atoms with Crippen LogP contribution in [0.3, 0.4) is 0 Å². The molecule has 0 heterocycles. The van der Waals surface area contributed by atoms with Gasteiger partial charge in [0.2, 0.25) is 0 Å². The molecule has 2 aromatic rings. The summed E-state index contributed by atoms with van der Waals surface area (Å²) in [6.45, 7) is 1.49. The molecule has 0 fully saturated rings. The molecule has 0 aliphatic carbocycles. The molecule has 2 rings (SSSR count). The van der Waals surface area contributed by atoms with Crippen molar-refractivity contribution in [3.8, 4) is 0 Å². The van der Waals surface area contributed by atoms with Gasteiger partial charge >= 0.3 is 0 Å². The normalized spacial score (nSPS) is 13.5. The van der Waals surface area contributed by atoms with Gasteiger partial charge in [-0.15, -0.1) is 0 Å².